The van der Waals surface area contributed by atoms with Gasteiger partial charge in [-0.25, -0.2) is 9.78 Å². The molecule has 0 unspecified atom stereocenters. The molecule has 1 aromatic carbocycles. The van der Waals surface area contributed by atoms with Gasteiger partial charge in [-0.3, -0.25) is 0 Å². The summed E-state index contributed by atoms with van der Waals surface area (Å²) in [6.07, 6.45) is 5.11. The van der Waals surface area contributed by atoms with Crippen LogP contribution in [0.5, 0.6) is 0 Å². The van der Waals surface area contributed by atoms with E-state index in [9.17, 15) is 9.90 Å². The zero-order chi connectivity index (χ0) is 13.8. The highest BCUT2D eigenvalue weighted by atomic mass is 35.5. The molecular weight excluding hydrogens is 264 g/mol. The molecule has 0 atom stereocenters. The van der Waals surface area contributed by atoms with Gasteiger partial charge in [-0.1, -0.05) is 18.5 Å². The lowest BCUT2D eigenvalue weighted by atomic mass is 10.0. The van der Waals surface area contributed by atoms with E-state index in [2.05, 4.69) is 11.9 Å². The van der Waals surface area contributed by atoms with E-state index in [0.29, 0.717) is 17.0 Å². The number of aromatic nitrogens is 2. The Morgan fingerprint density at radius 2 is 2.26 bits per heavy atom. The van der Waals surface area contributed by atoms with Gasteiger partial charge in [0, 0.05) is 30.4 Å². The normalized spacial score (nSPS) is 10.6. The molecule has 2 rings (SSSR count). The van der Waals surface area contributed by atoms with Gasteiger partial charge in [-0.15, -0.1) is 0 Å². The SMILES string of the molecule is CCCn1ccnc1Cc1cc(Cl)ccc1C(=O)O. The van der Waals surface area contributed by atoms with Crippen molar-refractivity contribution in [2.45, 2.75) is 26.3 Å². The van der Waals surface area contributed by atoms with Crippen LogP contribution in [-0.4, -0.2) is 20.6 Å². The van der Waals surface area contributed by atoms with Crippen LogP contribution in [0.1, 0.15) is 35.1 Å². The van der Waals surface area contributed by atoms with Gasteiger partial charge in [0.2, 0.25) is 0 Å². The second-order valence-corrected chi connectivity index (χ2v) is 4.76. The second kappa shape index (κ2) is 5.89. The summed E-state index contributed by atoms with van der Waals surface area (Å²) in [7, 11) is 0. The van der Waals surface area contributed by atoms with Gasteiger partial charge >= 0.3 is 5.97 Å². The van der Waals surface area contributed by atoms with Crippen LogP contribution in [0.25, 0.3) is 0 Å². The minimum absolute atomic E-state index is 0.274. The monoisotopic (exact) mass is 278 g/mol. The van der Waals surface area contributed by atoms with E-state index < -0.39 is 5.97 Å². The Labute approximate surface area is 116 Å². The number of imidazole rings is 1. The standard InChI is InChI=1S/C14H15ClN2O2/c1-2-6-17-7-5-16-13(17)9-10-8-11(15)3-4-12(10)14(18)19/h3-5,7-8H,2,6,9H2,1H3,(H,18,19). The Balaban J connectivity index is 2.34. The number of halogens is 1. The second-order valence-electron chi connectivity index (χ2n) is 4.32. The van der Waals surface area contributed by atoms with Crippen molar-refractivity contribution in [2.75, 3.05) is 0 Å². The molecule has 0 saturated carbocycles. The maximum Gasteiger partial charge on any atom is 0.335 e. The Kier molecular flexibility index (Phi) is 4.22. The van der Waals surface area contributed by atoms with Gasteiger partial charge in [-0.2, -0.15) is 0 Å². The maximum absolute atomic E-state index is 11.2. The molecule has 5 heteroatoms. The van der Waals surface area contributed by atoms with Crippen molar-refractivity contribution >= 4 is 17.6 Å². The van der Waals surface area contributed by atoms with Gasteiger partial charge in [-0.05, 0) is 30.2 Å². The maximum atomic E-state index is 11.2. The summed E-state index contributed by atoms with van der Waals surface area (Å²) in [5.41, 5.74) is 0.957. The molecule has 0 aliphatic heterocycles. The van der Waals surface area contributed by atoms with Crippen molar-refractivity contribution in [1.82, 2.24) is 9.55 Å². The highest BCUT2D eigenvalue weighted by Gasteiger charge is 2.13. The van der Waals surface area contributed by atoms with Gasteiger partial charge in [0.05, 0.1) is 5.56 Å². The van der Waals surface area contributed by atoms with Crippen molar-refractivity contribution in [3.63, 3.8) is 0 Å². The molecule has 1 heterocycles. The molecule has 19 heavy (non-hydrogen) atoms. The number of nitrogens with zero attached hydrogens (tertiary/aromatic N) is 2. The zero-order valence-corrected chi connectivity index (χ0v) is 11.4. The number of hydrogen-bond acceptors (Lipinski definition) is 2. The molecule has 100 valence electrons. The number of benzene rings is 1. The molecular formula is C14H15ClN2O2. The quantitative estimate of drug-likeness (QED) is 0.913. The van der Waals surface area contributed by atoms with Crippen molar-refractivity contribution in [3.05, 3.63) is 52.6 Å². The van der Waals surface area contributed by atoms with Gasteiger partial charge in [0.1, 0.15) is 5.82 Å². The smallest absolute Gasteiger partial charge is 0.335 e. The number of aromatic carboxylic acids is 1. The molecule has 0 saturated heterocycles. The highest BCUT2D eigenvalue weighted by molar-refractivity contribution is 6.30. The van der Waals surface area contributed by atoms with Crippen LogP contribution < -0.4 is 0 Å². The topological polar surface area (TPSA) is 55.1 Å². The summed E-state index contributed by atoms with van der Waals surface area (Å²) in [6.45, 7) is 2.96. The molecule has 0 aliphatic carbocycles. The summed E-state index contributed by atoms with van der Waals surface area (Å²) in [5, 5.41) is 9.72. The lowest BCUT2D eigenvalue weighted by Crippen LogP contribution is -2.07. The average Bonchev–Trinajstić information content (AvgIpc) is 2.77. The highest BCUT2D eigenvalue weighted by Crippen LogP contribution is 2.19. The minimum atomic E-state index is -0.944. The third-order valence-electron chi connectivity index (χ3n) is 2.91. The van der Waals surface area contributed by atoms with E-state index in [-0.39, 0.29) is 5.56 Å². The van der Waals surface area contributed by atoms with Crippen LogP contribution in [0.2, 0.25) is 5.02 Å². The number of carboxylic acids is 1. The molecule has 0 fully saturated rings. The van der Waals surface area contributed by atoms with Crippen molar-refractivity contribution in [2.24, 2.45) is 0 Å². The van der Waals surface area contributed by atoms with E-state index in [1.165, 1.54) is 6.07 Å². The predicted molar refractivity (Wildman–Crippen MR) is 73.7 cm³/mol. The molecule has 0 amide bonds. The number of carbonyl (C=O) groups is 1. The van der Waals surface area contributed by atoms with Crippen LogP contribution in [0, 0.1) is 0 Å². The predicted octanol–water partition coefficient (Wildman–Crippen LogP) is 3.24. The number of rotatable bonds is 5. The van der Waals surface area contributed by atoms with Gasteiger partial charge < -0.3 is 9.67 Å². The van der Waals surface area contributed by atoms with E-state index in [1.54, 1.807) is 18.3 Å². The molecule has 0 spiro atoms. The molecule has 0 bridgehead atoms. The summed E-state index contributed by atoms with van der Waals surface area (Å²) in [4.78, 5) is 15.5. The fourth-order valence-corrected chi connectivity index (χ4v) is 2.23. The van der Waals surface area contributed by atoms with Crippen LogP contribution >= 0.6 is 11.6 Å². The fourth-order valence-electron chi connectivity index (χ4n) is 2.04. The fraction of sp³-hybridized carbons (Fsp3) is 0.286. The first-order valence-corrected chi connectivity index (χ1v) is 6.51. The van der Waals surface area contributed by atoms with Crippen LogP contribution in [0.4, 0.5) is 0 Å². The third-order valence-corrected chi connectivity index (χ3v) is 3.15. The van der Waals surface area contributed by atoms with Gasteiger partial charge in [0.15, 0.2) is 0 Å². The largest absolute Gasteiger partial charge is 0.478 e. The summed E-state index contributed by atoms with van der Waals surface area (Å²) < 4.78 is 2.03. The number of aryl methyl sites for hydroxylation is 1. The number of hydrogen-bond donors (Lipinski definition) is 1. The van der Waals surface area contributed by atoms with E-state index >= 15 is 0 Å². The summed E-state index contributed by atoms with van der Waals surface area (Å²) in [5.74, 6) is -0.0909. The first kappa shape index (κ1) is 13.6. The molecule has 2 aromatic rings. The van der Waals surface area contributed by atoms with Crippen molar-refractivity contribution < 1.29 is 9.90 Å². The lowest BCUT2D eigenvalue weighted by molar-refractivity contribution is 0.0696. The Bertz CT molecular complexity index is 593. The van der Waals surface area contributed by atoms with Crippen LogP contribution in [-0.2, 0) is 13.0 Å². The molecule has 0 radical (unpaired) electrons. The first-order valence-electron chi connectivity index (χ1n) is 6.13. The van der Waals surface area contributed by atoms with Crippen molar-refractivity contribution in [1.29, 1.82) is 0 Å². The first-order chi connectivity index (χ1) is 9.11. The van der Waals surface area contributed by atoms with Crippen LogP contribution in [0.3, 0.4) is 0 Å². The van der Waals surface area contributed by atoms with Gasteiger partial charge in [0.25, 0.3) is 0 Å². The minimum Gasteiger partial charge on any atom is -0.478 e. The molecule has 4 nitrogen and oxygen atoms in total. The van der Waals surface area contributed by atoms with Crippen LogP contribution in [0.15, 0.2) is 30.6 Å². The molecule has 1 N–H and O–H groups in total. The molecule has 0 aliphatic rings. The Morgan fingerprint density at radius 3 is 2.95 bits per heavy atom. The zero-order valence-electron chi connectivity index (χ0n) is 10.6. The lowest BCUT2D eigenvalue weighted by Gasteiger charge is -2.09. The molecule has 1 aromatic heterocycles. The van der Waals surface area contributed by atoms with E-state index in [0.717, 1.165) is 18.8 Å². The number of carboxylic acid groups (broad SMARTS) is 1. The average molecular weight is 279 g/mol. The third kappa shape index (κ3) is 3.15. The van der Waals surface area contributed by atoms with Crippen molar-refractivity contribution in [3.8, 4) is 0 Å². The summed E-state index contributed by atoms with van der Waals surface area (Å²) in [6, 6.07) is 4.82. The Morgan fingerprint density at radius 1 is 1.47 bits per heavy atom. The summed E-state index contributed by atoms with van der Waals surface area (Å²) >= 11 is 5.94. The Hall–Kier alpha value is -1.81. The van der Waals surface area contributed by atoms with E-state index in [4.69, 9.17) is 11.6 Å². The van der Waals surface area contributed by atoms with E-state index in [1.807, 2.05) is 10.8 Å².